The Bertz CT molecular complexity index is 1570. The maximum Gasteiger partial charge on any atom is 0.247 e. The van der Waals surface area contributed by atoms with Crippen molar-refractivity contribution in [1.29, 1.82) is 0 Å². The zero-order valence-corrected chi connectivity index (χ0v) is 21.8. The topological polar surface area (TPSA) is 88.6 Å². The number of sulfonamides is 1. The van der Waals surface area contributed by atoms with E-state index < -0.39 is 32.7 Å². The maximum absolute atomic E-state index is 14.5. The minimum atomic E-state index is -4.31. The molecule has 190 valence electrons. The van der Waals surface area contributed by atoms with Gasteiger partial charge in [-0.05, 0) is 60.9 Å². The summed E-state index contributed by atoms with van der Waals surface area (Å²) in [6.45, 7) is 1.86. The minimum absolute atomic E-state index is 0.0427. The van der Waals surface area contributed by atoms with Crippen LogP contribution in [0.1, 0.15) is 16.0 Å². The summed E-state index contributed by atoms with van der Waals surface area (Å²) in [7, 11) is -2.71. The Labute approximate surface area is 218 Å². The Morgan fingerprint density at radius 3 is 2.43 bits per heavy atom. The predicted octanol–water partition coefficient (Wildman–Crippen LogP) is 5.02. The van der Waals surface area contributed by atoms with Crippen LogP contribution < -0.4 is 10.1 Å². The zero-order chi connectivity index (χ0) is 26.2. The average Bonchev–Trinajstić information content (AvgIpc) is 3.27. The lowest BCUT2D eigenvalue weighted by Gasteiger charge is -2.34. The number of nitrogens with zero attached hydrogens (tertiary/aromatic N) is 2. The van der Waals surface area contributed by atoms with Crippen molar-refractivity contribution in [2.24, 2.45) is 0 Å². The number of carbonyl (C=O) groups excluding carboxylic acids is 1. The molecular weight excluding hydrogens is 513 g/mol. The number of hydrogen-bond donors (Lipinski definition) is 1. The molecule has 1 aliphatic heterocycles. The SMILES string of the molecule is COc1ccc(-c2nc(NC(=O)C3Cc4ccccc4CN3S(=O)(=O)c3ccccc3F)sc2C)cc1. The van der Waals surface area contributed by atoms with Crippen molar-refractivity contribution in [2.45, 2.75) is 30.8 Å². The fourth-order valence-corrected chi connectivity index (χ4v) is 6.88. The van der Waals surface area contributed by atoms with Gasteiger partial charge in [0.2, 0.25) is 15.9 Å². The standard InChI is InChI=1S/C27H24FN3O4S2/c1-17-25(18-11-13-21(35-2)14-12-18)29-27(36-17)30-26(32)23-15-19-7-3-4-8-20(19)16-31(23)37(33,34)24-10-6-5-9-22(24)28/h3-14,23H,15-16H2,1-2H3,(H,29,30,32). The molecule has 0 spiro atoms. The third-order valence-electron chi connectivity index (χ3n) is 6.32. The van der Waals surface area contributed by atoms with Crippen molar-refractivity contribution in [3.63, 3.8) is 0 Å². The van der Waals surface area contributed by atoms with Crippen LogP contribution in [0.25, 0.3) is 11.3 Å². The van der Waals surface area contributed by atoms with E-state index in [2.05, 4.69) is 10.3 Å². The molecule has 4 aromatic rings. The number of amides is 1. The molecule has 1 amide bonds. The molecule has 0 saturated heterocycles. The Hall–Kier alpha value is -3.60. The van der Waals surface area contributed by atoms with Crippen LogP contribution in [0, 0.1) is 12.7 Å². The molecule has 3 aromatic carbocycles. The summed E-state index contributed by atoms with van der Waals surface area (Å²) in [4.78, 5) is 18.6. The summed E-state index contributed by atoms with van der Waals surface area (Å²) in [6.07, 6.45) is 0.158. The summed E-state index contributed by atoms with van der Waals surface area (Å²) in [5.74, 6) is -0.663. The highest BCUT2D eigenvalue weighted by atomic mass is 32.2. The van der Waals surface area contributed by atoms with Crippen LogP contribution in [-0.4, -0.2) is 36.8 Å². The van der Waals surface area contributed by atoms with Crippen LogP contribution in [0.3, 0.4) is 0 Å². The summed E-state index contributed by atoms with van der Waals surface area (Å²) in [5.41, 5.74) is 3.23. The number of carbonyl (C=O) groups is 1. The molecule has 0 aliphatic carbocycles. The predicted molar refractivity (Wildman–Crippen MR) is 141 cm³/mol. The highest BCUT2D eigenvalue weighted by Gasteiger charge is 2.40. The van der Waals surface area contributed by atoms with Crippen LogP contribution in [0.4, 0.5) is 9.52 Å². The number of thiazole rings is 1. The number of hydrogen-bond acceptors (Lipinski definition) is 6. The number of fused-ring (bicyclic) bond motifs is 1. The summed E-state index contributed by atoms with van der Waals surface area (Å²) >= 11 is 1.30. The van der Waals surface area contributed by atoms with E-state index >= 15 is 0 Å². The molecule has 10 heteroatoms. The first-order valence-electron chi connectivity index (χ1n) is 11.5. The van der Waals surface area contributed by atoms with E-state index in [0.717, 1.165) is 37.7 Å². The lowest BCUT2D eigenvalue weighted by atomic mass is 9.95. The second-order valence-electron chi connectivity index (χ2n) is 8.61. The average molecular weight is 538 g/mol. The van der Waals surface area contributed by atoms with Crippen molar-refractivity contribution in [3.05, 3.63) is 94.6 Å². The van der Waals surface area contributed by atoms with Gasteiger partial charge in [0.05, 0.1) is 12.8 Å². The first-order chi connectivity index (χ1) is 17.8. The highest BCUT2D eigenvalue weighted by Crippen LogP contribution is 2.34. The number of benzene rings is 3. The quantitative estimate of drug-likeness (QED) is 0.373. The van der Waals surface area contributed by atoms with Gasteiger partial charge in [0, 0.05) is 17.0 Å². The van der Waals surface area contributed by atoms with Gasteiger partial charge in [-0.1, -0.05) is 36.4 Å². The zero-order valence-electron chi connectivity index (χ0n) is 20.1. The summed E-state index contributed by atoms with van der Waals surface area (Å²) in [6, 6.07) is 18.9. The lowest BCUT2D eigenvalue weighted by Crippen LogP contribution is -2.50. The molecular formula is C27H24FN3O4S2. The van der Waals surface area contributed by atoms with Crippen molar-refractivity contribution in [3.8, 4) is 17.0 Å². The molecule has 0 radical (unpaired) electrons. The number of halogens is 1. The van der Waals surface area contributed by atoms with Crippen LogP contribution in [0.5, 0.6) is 5.75 Å². The molecule has 1 aromatic heterocycles. The number of ether oxygens (including phenoxy) is 1. The number of methoxy groups -OCH3 is 1. The van der Waals surface area contributed by atoms with Crippen molar-refractivity contribution in [2.75, 3.05) is 12.4 Å². The number of anilines is 1. The lowest BCUT2D eigenvalue weighted by molar-refractivity contribution is -0.120. The number of nitrogens with one attached hydrogen (secondary N) is 1. The molecule has 37 heavy (non-hydrogen) atoms. The van der Waals surface area contributed by atoms with Crippen molar-refractivity contribution >= 4 is 32.4 Å². The molecule has 0 saturated carbocycles. The molecule has 1 aliphatic rings. The van der Waals surface area contributed by atoms with Gasteiger partial charge in [0.25, 0.3) is 0 Å². The van der Waals surface area contributed by atoms with Gasteiger partial charge in [-0.3, -0.25) is 4.79 Å². The fourth-order valence-electron chi connectivity index (χ4n) is 4.41. The van der Waals surface area contributed by atoms with Gasteiger partial charge in [-0.15, -0.1) is 11.3 Å². The molecule has 5 rings (SSSR count). The van der Waals surface area contributed by atoms with Gasteiger partial charge in [-0.25, -0.2) is 17.8 Å². The van der Waals surface area contributed by atoms with Crippen LogP contribution in [0.2, 0.25) is 0 Å². The van der Waals surface area contributed by atoms with Gasteiger partial charge >= 0.3 is 0 Å². The molecule has 1 unspecified atom stereocenters. The van der Waals surface area contributed by atoms with E-state index in [1.165, 1.54) is 29.5 Å². The van der Waals surface area contributed by atoms with Crippen molar-refractivity contribution in [1.82, 2.24) is 9.29 Å². The third-order valence-corrected chi connectivity index (χ3v) is 9.10. The van der Waals surface area contributed by atoms with Gasteiger partial charge < -0.3 is 10.1 Å². The van der Waals surface area contributed by atoms with E-state index in [0.29, 0.717) is 10.8 Å². The molecule has 0 fully saturated rings. The number of aryl methyl sites for hydroxylation is 1. The summed E-state index contributed by atoms with van der Waals surface area (Å²) < 4.78 is 48.0. The van der Waals surface area contributed by atoms with Gasteiger partial charge in [-0.2, -0.15) is 4.31 Å². The second-order valence-corrected chi connectivity index (χ2v) is 11.7. The summed E-state index contributed by atoms with van der Waals surface area (Å²) in [5, 5.41) is 3.16. The Balaban J connectivity index is 1.46. The van der Waals surface area contributed by atoms with Crippen molar-refractivity contribution < 1.29 is 22.3 Å². The largest absolute Gasteiger partial charge is 0.497 e. The van der Waals surface area contributed by atoms with Crippen LogP contribution in [-0.2, 0) is 27.8 Å². The molecule has 1 N–H and O–H groups in total. The Morgan fingerprint density at radius 1 is 1.05 bits per heavy atom. The maximum atomic E-state index is 14.5. The van der Waals surface area contributed by atoms with Crippen LogP contribution >= 0.6 is 11.3 Å². The first kappa shape index (κ1) is 25.1. The smallest absolute Gasteiger partial charge is 0.247 e. The third kappa shape index (κ3) is 4.87. The van der Waals surface area contributed by atoms with Gasteiger partial charge in [0.15, 0.2) is 5.13 Å². The van der Waals surface area contributed by atoms with E-state index in [1.54, 1.807) is 7.11 Å². The van der Waals surface area contributed by atoms with Gasteiger partial charge in [0.1, 0.15) is 22.5 Å². The fraction of sp³-hybridized carbons (Fsp3) is 0.185. The van der Waals surface area contributed by atoms with E-state index in [-0.39, 0.29) is 13.0 Å². The minimum Gasteiger partial charge on any atom is -0.497 e. The highest BCUT2D eigenvalue weighted by molar-refractivity contribution is 7.89. The Morgan fingerprint density at radius 2 is 1.73 bits per heavy atom. The van der Waals surface area contributed by atoms with E-state index in [1.807, 2.05) is 55.5 Å². The first-order valence-corrected chi connectivity index (χ1v) is 13.8. The molecule has 1 atom stereocenters. The number of aromatic nitrogens is 1. The number of rotatable bonds is 6. The monoisotopic (exact) mass is 537 g/mol. The van der Waals surface area contributed by atoms with E-state index in [4.69, 9.17) is 4.74 Å². The normalized spacial score (nSPS) is 15.7. The molecule has 0 bridgehead atoms. The second kappa shape index (κ2) is 10.0. The molecule has 7 nitrogen and oxygen atoms in total. The Kier molecular flexibility index (Phi) is 6.80. The van der Waals surface area contributed by atoms with Crippen LogP contribution in [0.15, 0.2) is 77.7 Å². The molecule has 2 heterocycles. The van der Waals surface area contributed by atoms with E-state index in [9.17, 15) is 17.6 Å².